The van der Waals surface area contributed by atoms with Gasteiger partial charge in [-0.2, -0.15) is 0 Å². The summed E-state index contributed by atoms with van der Waals surface area (Å²) in [4.78, 5) is 103. The molecule has 70 heavy (non-hydrogen) atoms. The number of esters is 4. The zero-order chi connectivity index (χ0) is 50.3. The average Bonchev–Trinajstić information content (AvgIpc) is 3.83. The molecule has 3 N–H and O–H groups in total. The van der Waals surface area contributed by atoms with Crippen molar-refractivity contribution in [2.45, 2.75) is 56.0 Å². The van der Waals surface area contributed by atoms with E-state index < -0.39 is 95.2 Å². The predicted molar refractivity (Wildman–Crippen MR) is 252 cm³/mol. The summed E-state index contributed by atoms with van der Waals surface area (Å²) in [7, 11) is 3.42. The molecule has 4 aromatic rings. The second-order valence-corrected chi connectivity index (χ2v) is 17.1. The molecule has 364 valence electrons. The number of fused-ring (bicyclic) bond motifs is 3. The van der Waals surface area contributed by atoms with E-state index in [9.17, 15) is 19.5 Å². The Hall–Kier alpha value is -7.81. The normalized spacial score (nSPS) is 21.7. The van der Waals surface area contributed by atoms with Gasteiger partial charge in [0, 0.05) is 24.1 Å². The molecular weight excluding hydrogens is 901 g/mol. The van der Waals surface area contributed by atoms with Crippen LogP contribution in [0, 0.1) is 29.6 Å². The molecule has 3 aliphatic rings. The lowest BCUT2D eigenvalue weighted by Gasteiger charge is -2.46. The monoisotopic (exact) mass is 954 g/mol. The number of hydrogen-bond donors (Lipinski definition) is 3. The van der Waals surface area contributed by atoms with Gasteiger partial charge in [0.1, 0.15) is 36.0 Å². The second-order valence-electron chi connectivity index (χ2n) is 17.1. The van der Waals surface area contributed by atoms with Crippen molar-refractivity contribution < 1.29 is 62.4 Å². The molecule has 0 bridgehead atoms. The van der Waals surface area contributed by atoms with Crippen molar-refractivity contribution in [3.63, 3.8) is 0 Å². The topological polar surface area (TPSA) is 216 Å². The first kappa shape index (κ1) is 50.1. The molecule has 4 aromatic carbocycles. The second kappa shape index (κ2) is 21.6. The lowest BCUT2D eigenvalue weighted by molar-refractivity contribution is -0.178. The Morgan fingerprint density at radius 2 is 1.47 bits per heavy atom. The Balaban J connectivity index is 1.59. The number of morpholine rings is 1. The maximum absolute atomic E-state index is 16.5. The fourth-order valence-electron chi connectivity index (χ4n) is 9.86. The Morgan fingerprint density at radius 1 is 0.843 bits per heavy atom. The third kappa shape index (κ3) is 9.10. The molecule has 17 heteroatoms. The van der Waals surface area contributed by atoms with Crippen LogP contribution >= 0.6 is 0 Å². The van der Waals surface area contributed by atoms with E-state index in [2.05, 4.69) is 29.1 Å². The number of cyclic esters (lactones) is 1. The maximum Gasteiger partial charge on any atom is 0.329 e. The molecule has 0 aliphatic carbocycles. The Bertz CT molecular complexity index is 2700. The molecule has 4 amide bonds. The Morgan fingerprint density at radius 3 is 2.09 bits per heavy atom. The molecule has 0 radical (unpaired) electrons. The molecule has 2 fully saturated rings. The molecule has 17 nitrogen and oxygen atoms in total. The van der Waals surface area contributed by atoms with Gasteiger partial charge in [-0.15, -0.1) is 6.58 Å². The number of benzene rings is 4. The first-order valence-electron chi connectivity index (χ1n) is 22.6. The molecule has 7 unspecified atom stereocenters. The van der Waals surface area contributed by atoms with Crippen molar-refractivity contribution in [3.05, 3.63) is 144 Å². The van der Waals surface area contributed by atoms with E-state index in [1.165, 1.54) is 31.4 Å². The minimum Gasteiger partial charge on any atom is -0.491 e. The van der Waals surface area contributed by atoms with Gasteiger partial charge in [-0.25, -0.2) is 14.5 Å². The summed E-state index contributed by atoms with van der Waals surface area (Å²) in [5.74, 6) is -2.64. The van der Waals surface area contributed by atoms with Gasteiger partial charge in [0.25, 0.3) is 0 Å². The summed E-state index contributed by atoms with van der Waals surface area (Å²) < 4.78 is 27.4. The van der Waals surface area contributed by atoms with Gasteiger partial charge in [0.05, 0.1) is 51.6 Å². The SMILES string of the molecule is C=CCNC(=O)C1C2C(=O)OC(c3ccccc3)C(c3ccccc3)N2C(c2ccccc2OCCO)C12C(=O)N(C(=O)NC(C(=O)OC)C(C)C)c1ccc(C#CCC(C(=O)OC)C(=O)OC)cc12. The molecule has 0 saturated carbocycles. The highest BCUT2D eigenvalue weighted by Gasteiger charge is 2.76. The van der Waals surface area contributed by atoms with Crippen molar-refractivity contribution in [1.82, 2.24) is 15.5 Å². The highest BCUT2D eigenvalue weighted by atomic mass is 16.6. The number of methoxy groups -OCH3 is 3. The van der Waals surface area contributed by atoms with Crippen LogP contribution in [0.15, 0.2) is 116 Å². The fourth-order valence-corrected chi connectivity index (χ4v) is 9.86. The molecule has 0 aromatic heterocycles. The number of aliphatic hydroxyl groups is 1. The van der Waals surface area contributed by atoms with Gasteiger partial charge in [-0.1, -0.05) is 111 Å². The standard InChI is InChI=1S/C53H54N4O13/c1-7-27-54-46(59)40-43-50(63)70-44(34-20-12-9-13-21-34)42(33-18-10-8-11-19-33)57(43)45(35-22-14-15-24-39(35)69-29-28-58)53(40)37-30-32(17-16-23-36(47(60)66-4)48(61)67-5)25-26-38(37)56(51(53)64)52(65)55-41(31(2)3)49(62)68-6/h7-15,18-22,24-26,30-31,36,40-45,58H,1,23,27-29H2,2-6H3,(H,54,59)(H,55,65). The van der Waals surface area contributed by atoms with E-state index in [4.69, 9.17) is 23.7 Å². The zero-order valence-electron chi connectivity index (χ0n) is 39.3. The highest BCUT2D eigenvalue weighted by Crippen LogP contribution is 2.66. The van der Waals surface area contributed by atoms with Gasteiger partial charge in [-0.3, -0.25) is 28.9 Å². The summed E-state index contributed by atoms with van der Waals surface area (Å²) in [5, 5.41) is 15.6. The third-order valence-electron chi connectivity index (χ3n) is 12.8. The van der Waals surface area contributed by atoms with E-state index >= 15 is 19.2 Å². The van der Waals surface area contributed by atoms with Crippen LogP contribution in [0.2, 0.25) is 0 Å². The van der Waals surface area contributed by atoms with E-state index in [0.717, 1.165) is 19.1 Å². The maximum atomic E-state index is 16.5. The molecule has 1 spiro atoms. The number of carbonyl (C=O) groups is 7. The van der Waals surface area contributed by atoms with E-state index in [1.54, 1.807) is 50.2 Å². The van der Waals surface area contributed by atoms with Gasteiger partial charge < -0.3 is 39.4 Å². The van der Waals surface area contributed by atoms with Crippen LogP contribution < -0.4 is 20.3 Å². The first-order chi connectivity index (χ1) is 33.8. The number of rotatable bonds is 15. The van der Waals surface area contributed by atoms with Gasteiger partial charge in [0.15, 0.2) is 5.92 Å². The van der Waals surface area contributed by atoms with Crippen molar-refractivity contribution in [2.24, 2.45) is 17.8 Å². The van der Waals surface area contributed by atoms with Crippen LogP contribution in [0.25, 0.3) is 0 Å². The number of ether oxygens (including phenoxy) is 5. The molecular formula is C53H54N4O13. The summed E-state index contributed by atoms with van der Waals surface area (Å²) in [5.41, 5.74) is -0.382. The number of carbonyl (C=O) groups excluding carboxylic acids is 7. The number of aliphatic hydroxyl groups excluding tert-OH is 1. The number of urea groups is 1. The zero-order valence-corrected chi connectivity index (χ0v) is 39.3. The largest absolute Gasteiger partial charge is 0.491 e. The van der Waals surface area contributed by atoms with Gasteiger partial charge in [-0.05, 0) is 46.9 Å². The summed E-state index contributed by atoms with van der Waals surface area (Å²) in [6.45, 7) is 6.50. The number of amides is 4. The lowest BCUT2D eigenvalue weighted by atomic mass is 9.65. The Kier molecular flexibility index (Phi) is 15.5. The molecule has 7 atom stereocenters. The van der Waals surface area contributed by atoms with Crippen molar-refractivity contribution in [1.29, 1.82) is 0 Å². The third-order valence-corrected chi connectivity index (χ3v) is 12.8. The van der Waals surface area contributed by atoms with E-state index in [-0.39, 0.29) is 48.7 Å². The minimum absolute atomic E-state index is 0.00761. The lowest BCUT2D eigenvalue weighted by Crippen LogP contribution is -2.57. The van der Waals surface area contributed by atoms with Crippen molar-refractivity contribution in [2.75, 3.05) is 46.0 Å². The predicted octanol–water partition coefficient (Wildman–Crippen LogP) is 4.64. The van der Waals surface area contributed by atoms with Crippen LogP contribution in [0.4, 0.5) is 10.5 Å². The van der Waals surface area contributed by atoms with Gasteiger partial charge in [0.2, 0.25) is 11.8 Å². The van der Waals surface area contributed by atoms with E-state index in [1.807, 2.05) is 53.4 Å². The number of para-hydroxylation sites is 1. The fraction of sp³-hybridized carbons (Fsp3) is 0.340. The van der Waals surface area contributed by atoms with Crippen LogP contribution in [0.3, 0.4) is 0 Å². The Labute approximate surface area is 405 Å². The smallest absolute Gasteiger partial charge is 0.329 e. The average molecular weight is 955 g/mol. The van der Waals surface area contributed by atoms with Crippen molar-refractivity contribution >= 4 is 47.4 Å². The minimum atomic E-state index is -2.25. The first-order valence-corrected chi connectivity index (χ1v) is 22.6. The molecule has 3 heterocycles. The number of nitrogens with zero attached hydrogens (tertiary/aromatic N) is 2. The quantitative estimate of drug-likeness (QED) is 0.0487. The highest BCUT2D eigenvalue weighted by molar-refractivity contribution is 6.25. The summed E-state index contributed by atoms with van der Waals surface area (Å²) in [6, 6.07) is 23.4. The summed E-state index contributed by atoms with van der Waals surface area (Å²) in [6.07, 6.45) is 0.0895. The van der Waals surface area contributed by atoms with Crippen LogP contribution in [0.5, 0.6) is 5.75 Å². The van der Waals surface area contributed by atoms with Crippen molar-refractivity contribution in [3.8, 4) is 17.6 Å². The van der Waals surface area contributed by atoms with Crippen LogP contribution in [0.1, 0.15) is 66.3 Å². The number of anilines is 1. The molecule has 3 aliphatic heterocycles. The molecule has 7 rings (SSSR count). The summed E-state index contributed by atoms with van der Waals surface area (Å²) >= 11 is 0. The van der Waals surface area contributed by atoms with E-state index in [0.29, 0.717) is 16.7 Å². The number of nitrogens with one attached hydrogen (secondary N) is 2. The number of imide groups is 1. The molecule has 2 saturated heterocycles. The van der Waals surface area contributed by atoms with Crippen LogP contribution in [-0.4, -0.2) is 105 Å². The number of hydrogen-bond acceptors (Lipinski definition) is 14. The van der Waals surface area contributed by atoms with Crippen LogP contribution in [-0.2, 0) is 53.1 Å². The van der Waals surface area contributed by atoms with Gasteiger partial charge >= 0.3 is 29.9 Å².